The summed E-state index contributed by atoms with van der Waals surface area (Å²) in [5, 5.41) is 12.9. The van der Waals surface area contributed by atoms with Gasteiger partial charge >= 0.3 is 0 Å². The molecule has 0 aromatic rings. The number of nitrogens with one attached hydrogen (secondary N) is 3. The molecule has 0 aromatic carbocycles. The topological polar surface area (TPSA) is 39.3 Å². The minimum atomic E-state index is 0.692. The zero-order valence-corrected chi connectivity index (χ0v) is 64.8. The van der Waals surface area contributed by atoms with E-state index in [4.69, 9.17) is 0 Å². The van der Waals surface area contributed by atoms with Gasteiger partial charge in [0.05, 0.1) is 0 Å². The average Bonchev–Trinajstić information content (AvgIpc) is 3.62. The molecular weight excluding hydrogens is 1100 g/mol. The van der Waals surface area contributed by atoms with Gasteiger partial charge in [-0.15, -0.1) is 0 Å². The molecule has 0 saturated carbocycles. The summed E-state index contributed by atoms with van der Waals surface area (Å²) in [6, 6.07) is 2.08. The van der Waals surface area contributed by atoms with Gasteiger partial charge in [-0.25, -0.2) is 0 Å². The quantitative estimate of drug-likeness (QED) is 0.0531. The van der Waals surface area contributed by atoms with Crippen LogP contribution in [-0.2, 0) is 0 Å². The second-order valence-electron chi connectivity index (χ2n) is 30.7. The Hall–Kier alpha value is -0.160. The van der Waals surface area contributed by atoms with Gasteiger partial charge < -0.3 is 16.0 Å². The highest BCUT2D eigenvalue weighted by atomic mass is 15.2. The molecule has 91 heavy (non-hydrogen) atoms. The molecule has 0 aliphatic carbocycles. The molecule has 3 N–H and O–H groups in total. The molecule has 0 fully saturated rings. The van der Waals surface area contributed by atoms with Gasteiger partial charge in [0, 0.05) is 57.4 Å². The Bertz CT molecular complexity index is 1010. The molecule has 0 aliphatic heterocycles. The lowest BCUT2D eigenvalue weighted by Gasteiger charge is -2.28. The van der Waals surface area contributed by atoms with E-state index in [2.05, 4.69) is 62.4 Å². The number of hydrogen-bond acceptors (Lipinski definition) is 4. The standard InChI is InChI=1S/C87H180N4/c1-7-13-19-25-31-37-43-49-55-61-67-73-85(74-68-62-56-50-44-38-32-26-20-14-8-2)88-79-82-91(83-80-89-86(75-69-63-57-51-45-39-33-27-21-15-9-3)76-70-64-58-52-46-40-34-28-22-16-10-4)84-81-90-87(77-71-65-59-53-47-41-35-29-23-17-11-5)78-72-66-60-54-48-42-36-30-24-18-12-6/h85-90H,7-84H2,1-6H3. The molecule has 0 rings (SSSR count). The highest BCUT2D eigenvalue weighted by Gasteiger charge is 2.15. The molecule has 0 aromatic heterocycles. The van der Waals surface area contributed by atoms with Gasteiger partial charge in [0.15, 0.2) is 0 Å². The van der Waals surface area contributed by atoms with Crippen LogP contribution >= 0.6 is 0 Å². The summed E-state index contributed by atoms with van der Waals surface area (Å²) in [4.78, 5) is 2.90. The van der Waals surface area contributed by atoms with E-state index in [9.17, 15) is 0 Å². The maximum atomic E-state index is 4.29. The van der Waals surface area contributed by atoms with Crippen molar-refractivity contribution in [2.75, 3.05) is 39.3 Å². The predicted octanol–water partition coefficient (Wildman–Crippen LogP) is 29.4. The van der Waals surface area contributed by atoms with Gasteiger partial charge in [-0.05, 0) is 38.5 Å². The van der Waals surface area contributed by atoms with Crippen molar-refractivity contribution in [3.8, 4) is 0 Å². The summed E-state index contributed by atoms with van der Waals surface area (Å²) in [7, 11) is 0. The first-order chi connectivity index (χ1) is 45.1. The Morgan fingerprint density at radius 3 is 0.385 bits per heavy atom. The second-order valence-corrected chi connectivity index (χ2v) is 30.7. The Kier molecular flexibility index (Phi) is 82.1. The minimum absolute atomic E-state index is 0.692. The third-order valence-corrected chi connectivity index (χ3v) is 21.5. The van der Waals surface area contributed by atoms with E-state index < -0.39 is 0 Å². The largest absolute Gasteiger partial charge is 0.313 e. The van der Waals surface area contributed by atoms with E-state index >= 15 is 0 Å². The lowest BCUT2D eigenvalue weighted by molar-refractivity contribution is 0.250. The fourth-order valence-electron chi connectivity index (χ4n) is 15.0. The number of rotatable bonds is 84. The van der Waals surface area contributed by atoms with Gasteiger partial charge in [0.1, 0.15) is 0 Å². The van der Waals surface area contributed by atoms with E-state index in [1.165, 1.54) is 482 Å². The average molecular weight is 1280 g/mol. The molecule has 4 heteroatoms. The van der Waals surface area contributed by atoms with Crippen LogP contribution in [0.2, 0.25) is 0 Å². The molecule has 4 nitrogen and oxygen atoms in total. The van der Waals surface area contributed by atoms with Crippen molar-refractivity contribution in [2.45, 2.75) is 522 Å². The molecule has 0 amide bonds. The van der Waals surface area contributed by atoms with Crippen LogP contribution in [-0.4, -0.2) is 62.3 Å². The summed E-state index contributed by atoms with van der Waals surface area (Å²) >= 11 is 0. The highest BCUT2D eigenvalue weighted by molar-refractivity contribution is 4.75. The van der Waals surface area contributed by atoms with Crippen molar-refractivity contribution >= 4 is 0 Å². The van der Waals surface area contributed by atoms with Gasteiger partial charge in [-0.3, -0.25) is 4.90 Å². The number of hydrogen-bond donors (Lipinski definition) is 3. The fraction of sp³-hybridized carbons (Fsp3) is 1.00. The van der Waals surface area contributed by atoms with E-state index in [0.29, 0.717) is 18.1 Å². The molecule has 0 saturated heterocycles. The van der Waals surface area contributed by atoms with Gasteiger partial charge in [0.2, 0.25) is 0 Å². The zero-order chi connectivity index (χ0) is 65.6. The summed E-state index contributed by atoms with van der Waals surface area (Å²) in [6.45, 7) is 21.1. The smallest absolute Gasteiger partial charge is 0.0108 e. The van der Waals surface area contributed by atoms with Crippen molar-refractivity contribution < 1.29 is 0 Å². The van der Waals surface area contributed by atoms with Crippen LogP contribution in [0.4, 0.5) is 0 Å². The van der Waals surface area contributed by atoms with Crippen molar-refractivity contribution in [3.63, 3.8) is 0 Å². The van der Waals surface area contributed by atoms with Gasteiger partial charge in [-0.2, -0.15) is 0 Å². The van der Waals surface area contributed by atoms with Crippen molar-refractivity contribution in [2.24, 2.45) is 0 Å². The first-order valence-corrected chi connectivity index (χ1v) is 44.1. The molecule has 0 unspecified atom stereocenters. The molecule has 0 bridgehead atoms. The Balaban J connectivity index is 6.01. The maximum absolute atomic E-state index is 4.29. The molecule has 548 valence electrons. The van der Waals surface area contributed by atoms with Crippen LogP contribution in [0.15, 0.2) is 0 Å². The van der Waals surface area contributed by atoms with E-state index in [-0.39, 0.29) is 0 Å². The predicted molar refractivity (Wildman–Crippen MR) is 418 cm³/mol. The zero-order valence-electron chi connectivity index (χ0n) is 64.8. The summed E-state index contributed by atoms with van der Waals surface area (Å²) < 4.78 is 0. The summed E-state index contributed by atoms with van der Waals surface area (Å²) in [6.07, 6.45) is 104. The van der Waals surface area contributed by atoms with Crippen LogP contribution in [0.1, 0.15) is 504 Å². The Morgan fingerprint density at radius 1 is 0.154 bits per heavy atom. The second kappa shape index (κ2) is 82.3. The van der Waals surface area contributed by atoms with E-state index in [1.807, 2.05) is 0 Å². The van der Waals surface area contributed by atoms with Crippen molar-refractivity contribution in [1.29, 1.82) is 0 Å². The van der Waals surface area contributed by atoms with E-state index in [1.54, 1.807) is 0 Å². The van der Waals surface area contributed by atoms with Crippen LogP contribution < -0.4 is 16.0 Å². The van der Waals surface area contributed by atoms with Crippen molar-refractivity contribution in [1.82, 2.24) is 20.9 Å². The van der Waals surface area contributed by atoms with Crippen LogP contribution in [0.5, 0.6) is 0 Å². The summed E-state index contributed by atoms with van der Waals surface area (Å²) in [5.74, 6) is 0. The third kappa shape index (κ3) is 75.5. The highest BCUT2D eigenvalue weighted by Crippen LogP contribution is 2.22. The summed E-state index contributed by atoms with van der Waals surface area (Å²) in [5.41, 5.74) is 0. The van der Waals surface area contributed by atoms with Crippen LogP contribution in [0.3, 0.4) is 0 Å². The molecular formula is C87H180N4. The molecule has 0 aliphatic rings. The van der Waals surface area contributed by atoms with E-state index in [0.717, 1.165) is 19.6 Å². The Morgan fingerprint density at radius 2 is 0.264 bits per heavy atom. The number of nitrogens with zero attached hydrogens (tertiary/aromatic N) is 1. The third-order valence-electron chi connectivity index (χ3n) is 21.5. The molecule has 0 spiro atoms. The van der Waals surface area contributed by atoms with Crippen molar-refractivity contribution in [3.05, 3.63) is 0 Å². The first kappa shape index (κ1) is 90.8. The van der Waals surface area contributed by atoms with Gasteiger partial charge in [0.25, 0.3) is 0 Å². The lowest BCUT2D eigenvalue weighted by atomic mass is 9.99. The van der Waals surface area contributed by atoms with Crippen LogP contribution in [0.25, 0.3) is 0 Å². The molecule has 0 atom stereocenters. The fourth-order valence-corrected chi connectivity index (χ4v) is 15.0. The normalized spacial score (nSPS) is 12.1. The Labute approximate surface area is 579 Å². The molecule has 0 radical (unpaired) electrons. The lowest BCUT2D eigenvalue weighted by Crippen LogP contribution is -2.44. The maximum Gasteiger partial charge on any atom is 0.0108 e. The van der Waals surface area contributed by atoms with Gasteiger partial charge in [-0.1, -0.05) is 465 Å². The minimum Gasteiger partial charge on any atom is -0.313 e. The SMILES string of the molecule is CCCCCCCCCCCCCC(CCCCCCCCCCCCC)NCCN(CCNC(CCCCCCCCCCCCC)CCCCCCCCCCCCC)CCNC(CCCCCCCCCCCCC)CCCCCCCCCCCCC. The number of unbranched alkanes of at least 4 members (excludes halogenated alkanes) is 60. The van der Waals surface area contributed by atoms with Crippen LogP contribution in [0, 0.1) is 0 Å². The first-order valence-electron chi connectivity index (χ1n) is 44.1. The molecule has 0 heterocycles. The monoisotopic (exact) mass is 1280 g/mol.